The number of aromatic nitrogens is 2. The molecule has 0 spiro atoms. The summed E-state index contributed by atoms with van der Waals surface area (Å²) in [7, 11) is -3.67. The fourth-order valence-corrected chi connectivity index (χ4v) is 4.72. The molecule has 0 aliphatic carbocycles. The van der Waals surface area contributed by atoms with E-state index in [-0.39, 0.29) is 10.5 Å². The molecule has 0 amide bonds. The van der Waals surface area contributed by atoms with Crippen LogP contribution in [0.5, 0.6) is 0 Å². The maximum Gasteiger partial charge on any atom is 0.186 e. The molecule has 0 saturated carbocycles. The van der Waals surface area contributed by atoms with Gasteiger partial charge in [0.2, 0.25) is 0 Å². The molecule has 0 bridgehead atoms. The summed E-state index contributed by atoms with van der Waals surface area (Å²) in [6.07, 6.45) is 2.86. The average molecular weight is 470 g/mol. The first-order chi connectivity index (χ1) is 15.1. The average Bonchev–Trinajstić information content (AvgIpc) is 2.75. The summed E-state index contributed by atoms with van der Waals surface area (Å²) < 4.78 is 39.8. The molecular formula is C24H21ClFN3O2S. The third-order valence-electron chi connectivity index (χ3n) is 5.07. The van der Waals surface area contributed by atoms with E-state index in [2.05, 4.69) is 15.3 Å². The van der Waals surface area contributed by atoms with E-state index in [1.165, 1.54) is 30.6 Å². The van der Waals surface area contributed by atoms with Crippen LogP contribution >= 0.6 is 11.6 Å². The van der Waals surface area contributed by atoms with Crippen LogP contribution in [0, 0.1) is 5.82 Å². The summed E-state index contributed by atoms with van der Waals surface area (Å²) in [6.45, 7) is 4.92. The van der Waals surface area contributed by atoms with Gasteiger partial charge in [-0.05, 0) is 57.2 Å². The fourth-order valence-electron chi connectivity index (χ4n) is 3.28. The number of hydrogen-bond donors (Lipinski definition) is 1. The predicted octanol–water partition coefficient (Wildman–Crippen LogP) is 6.41. The Hall–Kier alpha value is -3.03. The van der Waals surface area contributed by atoms with Gasteiger partial charge in [-0.1, -0.05) is 29.8 Å². The molecule has 2 aromatic carbocycles. The molecule has 0 radical (unpaired) electrons. The van der Waals surface area contributed by atoms with Crippen molar-refractivity contribution in [2.75, 3.05) is 5.32 Å². The second-order valence-electron chi connectivity index (χ2n) is 8.31. The number of benzene rings is 2. The van der Waals surface area contributed by atoms with Crippen molar-refractivity contribution in [1.29, 1.82) is 0 Å². The van der Waals surface area contributed by atoms with E-state index in [0.717, 1.165) is 5.39 Å². The fraction of sp³-hybridized carbons (Fsp3) is 0.167. The Balaban J connectivity index is 1.91. The van der Waals surface area contributed by atoms with E-state index < -0.39 is 20.4 Å². The Labute approximate surface area is 191 Å². The largest absolute Gasteiger partial charge is 0.354 e. The summed E-state index contributed by atoms with van der Waals surface area (Å²) >= 11 is 6.08. The van der Waals surface area contributed by atoms with Crippen LogP contribution in [-0.4, -0.2) is 23.1 Å². The van der Waals surface area contributed by atoms with E-state index in [9.17, 15) is 12.8 Å². The monoisotopic (exact) mass is 469 g/mol. The van der Waals surface area contributed by atoms with Crippen molar-refractivity contribution in [2.45, 2.75) is 30.4 Å². The molecule has 0 aliphatic rings. The highest BCUT2D eigenvalue weighted by atomic mass is 35.5. The molecule has 4 aromatic rings. The zero-order valence-electron chi connectivity index (χ0n) is 17.7. The van der Waals surface area contributed by atoms with Crippen molar-refractivity contribution in [3.05, 3.63) is 77.8 Å². The lowest BCUT2D eigenvalue weighted by Gasteiger charge is -2.22. The van der Waals surface area contributed by atoms with E-state index in [4.69, 9.17) is 11.6 Å². The number of nitrogens with one attached hydrogen (secondary N) is 1. The maximum atomic E-state index is 14.6. The van der Waals surface area contributed by atoms with Crippen molar-refractivity contribution < 1.29 is 12.8 Å². The van der Waals surface area contributed by atoms with E-state index in [1.54, 1.807) is 32.9 Å². The number of halogens is 2. The first kappa shape index (κ1) is 22.2. The number of hydrogen-bond acceptors (Lipinski definition) is 5. The number of rotatable bonds is 4. The quantitative estimate of drug-likeness (QED) is 0.374. The number of para-hydroxylation sites is 1. The standard InChI is InChI=1S/C24H21ClFN3O2S/c1-24(2,3)32(30,31)23-14-27-11-10-20(23)29-21-13-22(17-12-15(25)8-9-18(17)26)28-19-7-5-4-6-16(19)21/h4-14H,1-3H3,(H,27,28,29). The zero-order valence-corrected chi connectivity index (χ0v) is 19.3. The highest BCUT2D eigenvalue weighted by Gasteiger charge is 2.33. The summed E-state index contributed by atoms with van der Waals surface area (Å²) in [5, 5.41) is 4.37. The second-order valence-corrected chi connectivity index (χ2v) is 11.4. The van der Waals surface area contributed by atoms with Gasteiger partial charge in [-0.3, -0.25) is 4.98 Å². The molecule has 0 fully saturated rings. The minimum Gasteiger partial charge on any atom is -0.354 e. The van der Waals surface area contributed by atoms with Crippen molar-refractivity contribution in [1.82, 2.24) is 9.97 Å². The van der Waals surface area contributed by atoms with E-state index >= 15 is 0 Å². The van der Waals surface area contributed by atoms with E-state index in [1.807, 2.05) is 24.3 Å². The lowest BCUT2D eigenvalue weighted by Crippen LogP contribution is -2.28. The molecule has 4 rings (SSSR count). The highest BCUT2D eigenvalue weighted by molar-refractivity contribution is 7.93. The smallest absolute Gasteiger partial charge is 0.186 e. The molecule has 0 unspecified atom stereocenters. The molecule has 164 valence electrons. The van der Waals surface area contributed by atoms with Crippen LogP contribution in [0.2, 0.25) is 5.02 Å². The molecule has 0 aliphatic heterocycles. The SMILES string of the molecule is CC(C)(C)S(=O)(=O)c1cnccc1Nc1cc(-c2cc(Cl)ccc2F)nc2ccccc12. The summed E-state index contributed by atoms with van der Waals surface area (Å²) in [6, 6.07) is 14.9. The molecular weight excluding hydrogens is 449 g/mol. The van der Waals surface area contributed by atoms with Gasteiger partial charge in [-0.2, -0.15) is 0 Å². The van der Waals surface area contributed by atoms with Crippen LogP contribution in [0.4, 0.5) is 15.8 Å². The first-order valence-electron chi connectivity index (χ1n) is 9.89. The molecule has 2 aromatic heterocycles. The van der Waals surface area contributed by atoms with Gasteiger partial charge in [-0.15, -0.1) is 0 Å². The number of nitrogens with zero attached hydrogens (tertiary/aromatic N) is 2. The third-order valence-corrected chi connectivity index (χ3v) is 7.82. The van der Waals surface area contributed by atoms with Crippen LogP contribution in [0.3, 0.4) is 0 Å². The predicted molar refractivity (Wildman–Crippen MR) is 127 cm³/mol. The van der Waals surface area contributed by atoms with Crippen LogP contribution in [0.25, 0.3) is 22.2 Å². The Morgan fingerprint density at radius 2 is 1.75 bits per heavy atom. The molecule has 1 N–H and O–H groups in total. The first-order valence-corrected chi connectivity index (χ1v) is 11.7. The van der Waals surface area contributed by atoms with Gasteiger partial charge in [0.25, 0.3) is 0 Å². The Morgan fingerprint density at radius 3 is 2.50 bits per heavy atom. The van der Waals surface area contributed by atoms with Gasteiger partial charge in [0, 0.05) is 28.4 Å². The summed E-state index contributed by atoms with van der Waals surface area (Å²) in [5.41, 5.74) is 2.22. The van der Waals surface area contributed by atoms with Crippen LogP contribution < -0.4 is 5.32 Å². The van der Waals surface area contributed by atoms with Crippen molar-refractivity contribution in [3.8, 4) is 11.3 Å². The normalized spacial score (nSPS) is 12.2. The summed E-state index contributed by atoms with van der Waals surface area (Å²) in [4.78, 5) is 8.70. The zero-order chi connectivity index (χ0) is 23.1. The molecule has 8 heteroatoms. The number of anilines is 2. The lowest BCUT2D eigenvalue weighted by molar-refractivity contribution is 0.560. The molecule has 0 saturated heterocycles. The van der Waals surface area contributed by atoms with Gasteiger partial charge in [0.05, 0.1) is 27.3 Å². The second kappa shape index (κ2) is 8.15. The molecule has 32 heavy (non-hydrogen) atoms. The Bertz CT molecular complexity index is 1430. The lowest BCUT2D eigenvalue weighted by atomic mass is 10.1. The van der Waals surface area contributed by atoms with Gasteiger partial charge in [0.1, 0.15) is 10.7 Å². The summed E-state index contributed by atoms with van der Waals surface area (Å²) in [5.74, 6) is -0.456. The number of sulfone groups is 1. The van der Waals surface area contributed by atoms with E-state index in [0.29, 0.717) is 27.6 Å². The molecule has 5 nitrogen and oxygen atoms in total. The third kappa shape index (κ3) is 4.06. The van der Waals surface area contributed by atoms with Gasteiger partial charge >= 0.3 is 0 Å². The highest BCUT2D eigenvalue weighted by Crippen LogP contribution is 2.36. The van der Waals surface area contributed by atoms with Crippen molar-refractivity contribution >= 4 is 43.7 Å². The van der Waals surface area contributed by atoms with Crippen LogP contribution in [0.1, 0.15) is 20.8 Å². The van der Waals surface area contributed by atoms with Gasteiger partial charge < -0.3 is 5.32 Å². The Morgan fingerprint density at radius 1 is 1.00 bits per heavy atom. The minimum absolute atomic E-state index is 0.0869. The minimum atomic E-state index is -3.67. The topological polar surface area (TPSA) is 72.0 Å². The van der Waals surface area contributed by atoms with Gasteiger partial charge in [-0.25, -0.2) is 17.8 Å². The molecule has 0 atom stereocenters. The van der Waals surface area contributed by atoms with Gasteiger partial charge in [0.15, 0.2) is 9.84 Å². The van der Waals surface area contributed by atoms with Crippen molar-refractivity contribution in [2.24, 2.45) is 0 Å². The van der Waals surface area contributed by atoms with Crippen LogP contribution in [-0.2, 0) is 9.84 Å². The maximum absolute atomic E-state index is 14.6. The number of pyridine rings is 2. The molecule has 2 heterocycles. The number of fused-ring (bicyclic) bond motifs is 1. The van der Waals surface area contributed by atoms with Crippen molar-refractivity contribution in [3.63, 3.8) is 0 Å². The van der Waals surface area contributed by atoms with Crippen LogP contribution in [0.15, 0.2) is 71.9 Å². The Kier molecular flexibility index (Phi) is 5.65.